The summed E-state index contributed by atoms with van der Waals surface area (Å²) in [4.78, 5) is 23.8. The van der Waals surface area contributed by atoms with Crippen LogP contribution in [0.5, 0.6) is 0 Å². The molecule has 0 unspecified atom stereocenters. The van der Waals surface area contributed by atoms with Gasteiger partial charge >= 0.3 is 11.9 Å². The van der Waals surface area contributed by atoms with Crippen molar-refractivity contribution in [2.45, 2.75) is 20.0 Å². The molecule has 0 aliphatic heterocycles. The first kappa shape index (κ1) is 13.0. The highest BCUT2D eigenvalue weighted by atomic mass is 32.2. The zero-order chi connectivity index (χ0) is 13.3. The molecule has 0 aliphatic carbocycles. The van der Waals surface area contributed by atoms with Gasteiger partial charge in [-0.25, -0.2) is 9.59 Å². The molecule has 6 heteroatoms. The van der Waals surface area contributed by atoms with E-state index in [-0.39, 0.29) is 18.0 Å². The lowest BCUT2D eigenvalue weighted by atomic mass is 10.2. The Bertz CT molecular complexity index is 594. The van der Waals surface area contributed by atoms with Crippen molar-refractivity contribution in [3.8, 4) is 0 Å². The van der Waals surface area contributed by atoms with Gasteiger partial charge < -0.3 is 9.47 Å². The summed E-state index contributed by atoms with van der Waals surface area (Å²) in [5, 5.41) is 2.50. The first-order valence-electron chi connectivity index (χ1n) is 5.33. The Hall–Kier alpha value is -1.40. The van der Waals surface area contributed by atoms with Crippen LogP contribution in [0, 0.1) is 0 Å². The van der Waals surface area contributed by atoms with Crippen LogP contribution >= 0.6 is 22.7 Å². The second-order valence-electron chi connectivity index (χ2n) is 3.91. The van der Waals surface area contributed by atoms with Crippen LogP contribution < -0.4 is 0 Å². The molecule has 18 heavy (non-hydrogen) atoms. The highest BCUT2D eigenvalue weighted by Crippen LogP contribution is 2.34. The Morgan fingerprint density at radius 1 is 1.28 bits per heavy atom. The zero-order valence-electron chi connectivity index (χ0n) is 10.2. The van der Waals surface area contributed by atoms with E-state index in [1.54, 1.807) is 25.3 Å². The Morgan fingerprint density at radius 2 is 2.00 bits per heavy atom. The Kier molecular flexibility index (Phi) is 3.68. The number of fused-ring (bicyclic) bond motifs is 1. The molecule has 0 spiro atoms. The molecule has 4 nitrogen and oxygen atoms in total. The maximum Gasteiger partial charge on any atom is 0.348 e. The van der Waals surface area contributed by atoms with Gasteiger partial charge in [-0.1, -0.05) is 0 Å². The Labute approximate surface area is 112 Å². The van der Waals surface area contributed by atoms with Crippen molar-refractivity contribution in [3.63, 3.8) is 0 Å². The smallest absolute Gasteiger partial charge is 0.348 e. The Morgan fingerprint density at radius 3 is 2.61 bits per heavy atom. The first-order chi connectivity index (χ1) is 8.52. The van der Waals surface area contributed by atoms with Crippen molar-refractivity contribution in [2.75, 3.05) is 7.11 Å². The summed E-state index contributed by atoms with van der Waals surface area (Å²) in [6.07, 6.45) is -0.155. The van der Waals surface area contributed by atoms with Crippen LogP contribution in [0.2, 0.25) is 0 Å². The van der Waals surface area contributed by atoms with Gasteiger partial charge in [0.2, 0.25) is 0 Å². The summed E-state index contributed by atoms with van der Waals surface area (Å²) < 4.78 is 10.7. The average Bonchev–Trinajstić information content (AvgIpc) is 2.86. The third-order valence-electron chi connectivity index (χ3n) is 2.22. The number of carbonyl (C=O) groups excluding carboxylic acids is 2. The highest BCUT2D eigenvalue weighted by Gasteiger charge is 2.19. The van der Waals surface area contributed by atoms with Crippen molar-refractivity contribution in [3.05, 3.63) is 21.9 Å². The summed E-state index contributed by atoms with van der Waals surface area (Å²) >= 11 is 2.76. The molecule has 0 saturated carbocycles. The van der Waals surface area contributed by atoms with E-state index >= 15 is 0 Å². The number of carbonyl (C=O) groups is 2. The van der Waals surface area contributed by atoms with Gasteiger partial charge in [0.1, 0.15) is 4.88 Å². The minimum atomic E-state index is -0.386. The van der Waals surface area contributed by atoms with Gasteiger partial charge in [0.05, 0.1) is 22.8 Å². The number of thiophene rings is 2. The SMILES string of the molecule is COC(=O)c1csc2sc(C(=O)OC(C)C)cc12. The molecule has 0 fully saturated rings. The predicted octanol–water partition coefficient (Wildman–Crippen LogP) is 3.31. The quantitative estimate of drug-likeness (QED) is 0.811. The van der Waals surface area contributed by atoms with E-state index in [4.69, 9.17) is 9.47 Å². The summed E-state index contributed by atoms with van der Waals surface area (Å²) in [6, 6.07) is 1.69. The van der Waals surface area contributed by atoms with Crippen LogP contribution in [0.25, 0.3) is 9.40 Å². The average molecular weight is 284 g/mol. The van der Waals surface area contributed by atoms with Gasteiger partial charge in [0, 0.05) is 10.8 Å². The van der Waals surface area contributed by atoms with Gasteiger partial charge in [-0.15, -0.1) is 22.7 Å². The maximum atomic E-state index is 11.8. The van der Waals surface area contributed by atoms with Gasteiger partial charge in [0.15, 0.2) is 0 Å². The van der Waals surface area contributed by atoms with Crippen LogP contribution in [0.1, 0.15) is 33.9 Å². The third kappa shape index (κ3) is 2.39. The molecule has 0 aliphatic rings. The van der Waals surface area contributed by atoms with Crippen LogP contribution in [-0.4, -0.2) is 25.2 Å². The minimum Gasteiger partial charge on any atom is -0.465 e. The maximum absolute atomic E-state index is 11.8. The Balaban J connectivity index is 2.36. The van der Waals surface area contributed by atoms with Crippen molar-refractivity contribution in [1.82, 2.24) is 0 Å². The summed E-state index contributed by atoms with van der Waals surface area (Å²) in [5.41, 5.74) is 0.498. The molecule has 2 rings (SSSR count). The summed E-state index contributed by atoms with van der Waals surface area (Å²) in [7, 11) is 1.34. The molecule has 2 heterocycles. The predicted molar refractivity (Wildman–Crippen MR) is 71.6 cm³/mol. The van der Waals surface area contributed by atoms with Crippen LogP contribution in [0.3, 0.4) is 0 Å². The molecule has 0 N–H and O–H groups in total. The van der Waals surface area contributed by atoms with Gasteiger partial charge in [-0.05, 0) is 19.9 Å². The monoisotopic (exact) mass is 284 g/mol. The summed E-state index contributed by atoms with van der Waals surface area (Å²) in [5.74, 6) is -0.739. The number of hydrogen-bond acceptors (Lipinski definition) is 6. The fourth-order valence-electron chi connectivity index (χ4n) is 1.47. The van der Waals surface area contributed by atoms with Crippen LogP contribution in [-0.2, 0) is 9.47 Å². The summed E-state index contributed by atoms with van der Waals surface area (Å²) in [6.45, 7) is 3.60. The molecule has 0 amide bonds. The topological polar surface area (TPSA) is 52.6 Å². The molecular formula is C12H12O4S2. The minimum absolute atomic E-state index is 0.155. The second kappa shape index (κ2) is 5.07. The lowest BCUT2D eigenvalue weighted by Crippen LogP contribution is -2.10. The van der Waals surface area contributed by atoms with E-state index in [1.165, 1.54) is 29.8 Å². The molecular weight excluding hydrogens is 272 g/mol. The van der Waals surface area contributed by atoms with Crippen molar-refractivity contribution in [2.24, 2.45) is 0 Å². The largest absolute Gasteiger partial charge is 0.465 e. The molecule has 2 aromatic rings. The molecule has 0 radical (unpaired) electrons. The number of ether oxygens (including phenoxy) is 2. The number of hydrogen-bond donors (Lipinski definition) is 0. The van der Waals surface area contributed by atoms with Gasteiger partial charge in [0.25, 0.3) is 0 Å². The van der Waals surface area contributed by atoms with Crippen LogP contribution in [0.4, 0.5) is 0 Å². The molecule has 96 valence electrons. The van der Waals surface area contributed by atoms with E-state index in [0.717, 1.165) is 9.40 Å². The molecule has 0 aromatic carbocycles. The zero-order valence-corrected chi connectivity index (χ0v) is 11.8. The van der Waals surface area contributed by atoms with Crippen molar-refractivity contribution < 1.29 is 19.1 Å². The van der Waals surface area contributed by atoms with E-state index < -0.39 is 0 Å². The normalized spacial score (nSPS) is 10.9. The van der Waals surface area contributed by atoms with Gasteiger partial charge in [-0.3, -0.25) is 0 Å². The standard InChI is InChI=1S/C12H12O4S2/c1-6(2)16-11(14)9-4-7-8(10(13)15-3)5-17-12(7)18-9/h4-6H,1-3H3. The number of rotatable bonds is 3. The lowest BCUT2D eigenvalue weighted by molar-refractivity contribution is 0.0383. The molecule has 0 saturated heterocycles. The van der Waals surface area contributed by atoms with Gasteiger partial charge in [-0.2, -0.15) is 0 Å². The fourth-order valence-corrected chi connectivity index (χ4v) is 3.60. The highest BCUT2D eigenvalue weighted by molar-refractivity contribution is 7.38. The lowest BCUT2D eigenvalue weighted by Gasteiger charge is -2.05. The number of esters is 2. The number of methoxy groups -OCH3 is 1. The molecule has 2 aromatic heterocycles. The fraction of sp³-hybridized carbons (Fsp3) is 0.333. The van der Waals surface area contributed by atoms with E-state index in [2.05, 4.69) is 0 Å². The van der Waals surface area contributed by atoms with E-state index in [9.17, 15) is 9.59 Å². The molecule has 0 atom stereocenters. The third-order valence-corrected chi connectivity index (χ3v) is 4.46. The second-order valence-corrected chi connectivity index (χ2v) is 6.10. The van der Waals surface area contributed by atoms with E-state index in [1.807, 2.05) is 0 Å². The van der Waals surface area contributed by atoms with Crippen LogP contribution in [0.15, 0.2) is 11.4 Å². The molecule has 0 bridgehead atoms. The first-order valence-corrected chi connectivity index (χ1v) is 7.03. The van der Waals surface area contributed by atoms with E-state index in [0.29, 0.717) is 10.4 Å². The van der Waals surface area contributed by atoms with Crippen molar-refractivity contribution in [1.29, 1.82) is 0 Å². The van der Waals surface area contributed by atoms with Crippen molar-refractivity contribution >= 4 is 44.0 Å².